The number of rotatable bonds is 7. The van der Waals surface area contributed by atoms with E-state index < -0.39 is 0 Å². The van der Waals surface area contributed by atoms with Crippen molar-refractivity contribution in [1.29, 1.82) is 0 Å². The lowest BCUT2D eigenvalue weighted by Gasteiger charge is -2.36. The van der Waals surface area contributed by atoms with E-state index in [2.05, 4.69) is 37.9 Å². The molecule has 0 heterocycles. The van der Waals surface area contributed by atoms with Crippen LogP contribution in [0, 0.1) is 0 Å². The van der Waals surface area contributed by atoms with E-state index in [1.54, 1.807) is 14.2 Å². The number of methoxy groups -OCH3 is 2. The van der Waals surface area contributed by atoms with Gasteiger partial charge in [0.05, 0.1) is 14.2 Å². The van der Waals surface area contributed by atoms with Crippen LogP contribution >= 0.6 is 12.2 Å². The molecule has 0 aromatic heterocycles. The van der Waals surface area contributed by atoms with E-state index in [1.807, 2.05) is 18.2 Å². The maximum absolute atomic E-state index is 5.63. The summed E-state index contributed by atoms with van der Waals surface area (Å²) in [5.74, 6) is 1.40. The van der Waals surface area contributed by atoms with Crippen molar-refractivity contribution in [3.05, 3.63) is 18.2 Å². The Morgan fingerprint density at radius 1 is 1.09 bits per heavy atom. The molecule has 22 heavy (non-hydrogen) atoms. The predicted molar refractivity (Wildman–Crippen MR) is 97.1 cm³/mol. The van der Waals surface area contributed by atoms with Crippen LogP contribution in [0.4, 0.5) is 5.69 Å². The molecular weight excluding hydrogens is 296 g/mol. The summed E-state index contributed by atoms with van der Waals surface area (Å²) >= 11 is 5.63. The van der Waals surface area contributed by atoms with Gasteiger partial charge in [-0.05, 0) is 51.0 Å². The van der Waals surface area contributed by atoms with E-state index in [0.29, 0.717) is 23.6 Å². The fourth-order valence-electron chi connectivity index (χ4n) is 2.33. The molecule has 0 aliphatic heterocycles. The molecule has 0 saturated carbocycles. The lowest BCUT2D eigenvalue weighted by molar-refractivity contribution is 0.254. The Bertz CT molecular complexity index is 484. The maximum Gasteiger partial charge on any atom is 0.173 e. The average Bonchev–Trinajstić information content (AvgIpc) is 2.54. The molecule has 0 radical (unpaired) electrons. The number of benzene rings is 1. The quantitative estimate of drug-likeness (QED) is 0.756. The van der Waals surface area contributed by atoms with Gasteiger partial charge in [-0.1, -0.05) is 13.8 Å². The molecule has 4 nitrogen and oxygen atoms in total. The zero-order valence-electron chi connectivity index (χ0n) is 14.5. The van der Waals surface area contributed by atoms with E-state index >= 15 is 0 Å². The van der Waals surface area contributed by atoms with Crippen molar-refractivity contribution in [2.24, 2.45) is 0 Å². The smallest absolute Gasteiger partial charge is 0.173 e. The highest BCUT2D eigenvalue weighted by Crippen LogP contribution is 2.30. The first-order valence-electron chi connectivity index (χ1n) is 7.79. The largest absolute Gasteiger partial charge is 0.493 e. The lowest BCUT2D eigenvalue weighted by Crippen LogP contribution is -2.46. The van der Waals surface area contributed by atoms with Gasteiger partial charge in [0.1, 0.15) is 0 Å². The summed E-state index contributed by atoms with van der Waals surface area (Å²) in [5.41, 5.74) is 0.902. The van der Waals surface area contributed by atoms with Crippen molar-refractivity contribution < 1.29 is 9.47 Å². The summed E-state index contributed by atoms with van der Waals surface area (Å²) in [6, 6.07) is 6.51. The molecule has 2 unspecified atom stereocenters. The zero-order valence-corrected chi connectivity index (χ0v) is 15.3. The van der Waals surface area contributed by atoms with Gasteiger partial charge < -0.3 is 19.7 Å². The molecule has 0 bridgehead atoms. The van der Waals surface area contributed by atoms with Crippen molar-refractivity contribution >= 4 is 23.0 Å². The third-order valence-electron chi connectivity index (χ3n) is 4.00. The molecule has 2 atom stereocenters. The summed E-state index contributed by atoms with van der Waals surface area (Å²) in [5, 5.41) is 4.07. The minimum absolute atomic E-state index is 0.398. The topological polar surface area (TPSA) is 33.7 Å². The zero-order chi connectivity index (χ0) is 16.7. The SMILES string of the molecule is CCC(C)N(C(=S)Nc1ccc(OC)c(OC)c1)C(C)CC. The predicted octanol–water partition coefficient (Wildman–Crippen LogP) is 4.30. The second-order valence-electron chi connectivity index (χ2n) is 5.42. The van der Waals surface area contributed by atoms with Crippen molar-refractivity contribution in [3.8, 4) is 11.5 Å². The third-order valence-corrected chi connectivity index (χ3v) is 4.31. The molecular formula is C17H28N2O2S. The van der Waals surface area contributed by atoms with Gasteiger partial charge in [0.25, 0.3) is 0 Å². The molecule has 0 fully saturated rings. The number of thiocarbonyl (C=S) groups is 1. The molecule has 5 heteroatoms. The summed E-state index contributed by atoms with van der Waals surface area (Å²) in [6.45, 7) is 8.77. The summed E-state index contributed by atoms with van der Waals surface area (Å²) in [4.78, 5) is 2.27. The highest BCUT2D eigenvalue weighted by atomic mass is 32.1. The molecule has 0 aliphatic rings. The monoisotopic (exact) mass is 324 g/mol. The second-order valence-corrected chi connectivity index (χ2v) is 5.81. The molecule has 0 amide bonds. The van der Waals surface area contributed by atoms with Crippen LogP contribution in [0.1, 0.15) is 40.5 Å². The minimum atomic E-state index is 0.398. The molecule has 1 aromatic rings. The first-order valence-corrected chi connectivity index (χ1v) is 8.20. The van der Waals surface area contributed by atoms with Gasteiger partial charge in [-0.15, -0.1) is 0 Å². The summed E-state index contributed by atoms with van der Waals surface area (Å²) < 4.78 is 10.6. The van der Waals surface area contributed by atoms with Crippen LogP contribution < -0.4 is 14.8 Å². The second kappa shape index (κ2) is 8.83. The summed E-state index contributed by atoms with van der Waals surface area (Å²) in [7, 11) is 3.26. The molecule has 0 saturated heterocycles. The van der Waals surface area contributed by atoms with Crippen LogP contribution in [-0.2, 0) is 0 Å². The number of hydrogen-bond acceptors (Lipinski definition) is 3. The molecule has 0 aliphatic carbocycles. The fourth-order valence-corrected chi connectivity index (χ4v) is 2.81. The molecule has 1 aromatic carbocycles. The van der Waals surface area contributed by atoms with E-state index in [0.717, 1.165) is 23.6 Å². The minimum Gasteiger partial charge on any atom is -0.493 e. The van der Waals surface area contributed by atoms with Gasteiger partial charge in [-0.2, -0.15) is 0 Å². The Morgan fingerprint density at radius 3 is 2.09 bits per heavy atom. The van der Waals surface area contributed by atoms with Crippen LogP contribution in [0.5, 0.6) is 11.5 Å². The number of anilines is 1. The van der Waals surface area contributed by atoms with Crippen LogP contribution in [-0.4, -0.2) is 36.3 Å². The van der Waals surface area contributed by atoms with Crippen molar-refractivity contribution in [3.63, 3.8) is 0 Å². The first kappa shape index (κ1) is 18.6. The molecule has 1 N–H and O–H groups in total. The van der Waals surface area contributed by atoms with Crippen molar-refractivity contribution in [2.45, 2.75) is 52.6 Å². The summed E-state index contributed by atoms with van der Waals surface area (Å²) in [6.07, 6.45) is 2.11. The first-order chi connectivity index (χ1) is 10.5. The van der Waals surface area contributed by atoms with Gasteiger partial charge in [0.2, 0.25) is 0 Å². The number of hydrogen-bond donors (Lipinski definition) is 1. The number of nitrogens with zero attached hydrogens (tertiary/aromatic N) is 1. The van der Waals surface area contributed by atoms with Crippen LogP contribution in [0.3, 0.4) is 0 Å². The molecule has 124 valence electrons. The Kier molecular flexibility index (Phi) is 7.45. The van der Waals surface area contributed by atoms with Gasteiger partial charge in [-0.3, -0.25) is 0 Å². The van der Waals surface area contributed by atoms with Crippen LogP contribution in [0.2, 0.25) is 0 Å². The Morgan fingerprint density at radius 2 is 1.64 bits per heavy atom. The lowest BCUT2D eigenvalue weighted by atomic mass is 10.1. The van der Waals surface area contributed by atoms with Crippen LogP contribution in [0.15, 0.2) is 18.2 Å². The van der Waals surface area contributed by atoms with E-state index in [4.69, 9.17) is 21.7 Å². The normalized spacial score (nSPS) is 13.2. The fraction of sp³-hybridized carbons (Fsp3) is 0.588. The van der Waals surface area contributed by atoms with Gasteiger partial charge in [0, 0.05) is 23.8 Å². The Balaban J connectivity index is 2.93. The van der Waals surface area contributed by atoms with E-state index in [1.165, 1.54) is 0 Å². The average molecular weight is 324 g/mol. The van der Waals surface area contributed by atoms with Crippen molar-refractivity contribution in [1.82, 2.24) is 4.90 Å². The Hall–Kier alpha value is -1.49. The van der Waals surface area contributed by atoms with Gasteiger partial charge in [0.15, 0.2) is 16.6 Å². The van der Waals surface area contributed by atoms with Gasteiger partial charge >= 0.3 is 0 Å². The molecule has 0 spiro atoms. The number of ether oxygens (including phenoxy) is 2. The molecule has 1 rings (SSSR count). The number of nitrogens with one attached hydrogen (secondary N) is 1. The Labute approximate surface area is 139 Å². The van der Waals surface area contributed by atoms with Crippen molar-refractivity contribution in [2.75, 3.05) is 19.5 Å². The maximum atomic E-state index is 5.63. The highest BCUT2D eigenvalue weighted by Gasteiger charge is 2.21. The van der Waals surface area contributed by atoms with Gasteiger partial charge in [-0.25, -0.2) is 0 Å². The van der Waals surface area contributed by atoms with Crippen LogP contribution in [0.25, 0.3) is 0 Å². The van der Waals surface area contributed by atoms with E-state index in [-0.39, 0.29) is 0 Å². The third kappa shape index (κ3) is 4.50. The standard InChI is InChI=1S/C17H28N2O2S/c1-7-12(3)19(13(4)8-2)17(22)18-14-9-10-15(20-5)16(11-14)21-6/h9-13H,7-8H2,1-6H3,(H,18,22). The highest BCUT2D eigenvalue weighted by molar-refractivity contribution is 7.80. The van der Waals surface area contributed by atoms with E-state index in [9.17, 15) is 0 Å².